The third-order valence-electron chi connectivity index (χ3n) is 3.77. The van der Waals surface area contributed by atoms with Crippen LogP contribution in [0.4, 0.5) is 10.2 Å². The van der Waals surface area contributed by atoms with Crippen LogP contribution in [0.25, 0.3) is 0 Å². The molecule has 1 aromatic heterocycles. The van der Waals surface area contributed by atoms with Gasteiger partial charge in [-0.05, 0) is 30.7 Å². The Balaban J connectivity index is 1.71. The van der Waals surface area contributed by atoms with E-state index in [1.54, 1.807) is 6.20 Å². The van der Waals surface area contributed by atoms with Crippen molar-refractivity contribution in [2.24, 2.45) is 0 Å². The number of nitrogens with one attached hydrogen (secondary N) is 1. The molecule has 7 nitrogen and oxygen atoms in total. The van der Waals surface area contributed by atoms with Gasteiger partial charge in [-0.1, -0.05) is 0 Å². The van der Waals surface area contributed by atoms with Crippen molar-refractivity contribution < 1.29 is 17.5 Å². The normalized spacial score (nSPS) is 17.9. The summed E-state index contributed by atoms with van der Waals surface area (Å²) in [4.78, 5) is 10.3. The molecule has 0 amide bonds. The van der Waals surface area contributed by atoms with Crippen molar-refractivity contribution in [1.29, 1.82) is 0 Å². The maximum absolute atomic E-state index is 12.9. The molecule has 3 rings (SSSR count). The molecule has 1 aliphatic heterocycles. The molecule has 1 aromatic carbocycles. The molecule has 128 valence electrons. The SMILES string of the molecule is COc1nccnc1N1CC[C@H](NS(=O)(=O)c2ccc(F)cc2)C1. The Bertz CT molecular complexity index is 814. The summed E-state index contributed by atoms with van der Waals surface area (Å²) < 4.78 is 45.5. The van der Waals surface area contributed by atoms with Crippen molar-refractivity contribution in [2.75, 3.05) is 25.1 Å². The van der Waals surface area contributed by atoms with Crippen LogP contribution in [0.2, 0.25) is 0 Å². The van der Waals surface area contributed by atoms with Gasteiger partial charge in [-0.3, -0.25) is 0 Å². The molecule has 24 heavy (non-hydrogen) atoms. The minimum absolute atomic E-state index is 0.0411. The lowest BCUT2D eigenvalue weighted by atomic mass is 10.3. The topological polar surface area (TPSA) is 84.4 Å². The third-order valence-corrected chi connectivity index (χ3v) is 5.31. The van der Waals surface area contributed by atoms with Gasteiger partial charge in [-0.25, -0.2) is 27.5 Å². The quantitative estimate of drug-likeness (QED) is 0.870. The zero-order valence-electron chi connectivity index (χ0n) is 13.0. The molecule has 0 bridgehead atoms. The van der Waals surface area contributed by atoms with Crippen molar-refractivity contribution in [2.45, 2.75) is 17.4 Å². The Morgan fingerprint density at radius 2 is 1.96 bits per heavy atom. The summed E-state index contributed by atoms with van der Waals surface area (Å²) in [5, 5.41) is 0. The number of halogens is 1. The van der Waals surface area contributed by atoms with E-state index in [0.717, 1.165) is 12.1 Å². The number of aromatic nitrogens is 2. The van der Waals surface area contributed by atoms with E-state index in [2.05, 4.69) is 14.7 Å². The molecular formula is C15H17FN4O3S. The summed E-state index contributed by atoms with van der Waals surface area (Å²) in [6.07, 6.45) is 3.72. The van der Waals surface area contributed by atoms with Gasteiger partial charge in [-0.2, -0.15) is 0 Å². The highest BCUT2D eigenvalue weighted by molar-refractivity contribution is 7.89. The van der Waals surface area contributed by atoms with Gasteiger partial charge < -0.3 is 9.64 Å². The molecule has 1 aliphatic rings. The second-order valence-electron chi connectivity index (χ2n) is 5.40. The van der Waals surface area contributed by atoms with Crippen molar-refractivity contribution in [3.05, 3.63) is 42.5 Å². The standard InChI is InChI=1S/C15H17FN4O3S/c1-23-15-14(17-7-8-18-15)20-9-6-12(10-20)19-24(21,22)13-4-2-11(16)3-5-13/h2-5,7-8,12,19H,6,9-10H2,1H3/t12-/m0/s1. The largest absolute Gasteiger partial charge is 0.478 e. The van der Waals surface area contributed by atoms with Crippen LogP contribution in [0.5, 0.6) is 5.88 Å². The summed E-state index contributed by atoms with van der Waals surface area (Å²) in [6.45, 7) is 1.08. The fourth-order valence-electron chi connectivity index (χ4n) is 2.63. The molecule has 0 aliphatic carbocycles. The number of methoxy groups -OCH3 is 1. The van der Waals surface area contributed by atoms with E-state index in [9.17, 15) is 12.8 Å². The minimum atomic E-state index is -3.69. The van der Waals surface area contributed by atoms with Crippen LogP contribution in [0.1, 0.15) is 6.42 Å². The molecule has 1 atom stereocenters. The molecule has 0 unspecified atom stereocenters. The molecule has 0 spiro atoms. The second kappa shape index (κ2) is 6.70. The molecule has 2 aromatic rings. The van der Waals surface area contributed by atoms with E-state index >= 15 is 0 Å². The van der Waals surface area contributed by atoms with Crippen molar-refractivity contribution >= 4 is 15.8 Å². The minimum Gasteiger partial charge on any atom is -0.478 e. The molecule has 0 radical (unpaired) electrons. The Morgan fingerprint density at radius 3 is 2.67 bits per heavy atom. The number of benzene rings is 1. The highest BCUT2D eigenvalue weighted by Crippen LogP contribution is 2.26. The average Bonchev–Trinajstić information content (AvgIpc) is 3.02. The summed E-state index contributed by atoms with van der Waals surface area (Å²) in [7, 11) is -2.18. The van der Waals surface area contributed by atoms with Crippen LogP contribution in [-0.4, -0.2) is 44.6 Å². The van der Waals surface area contributed by atoms with Gasteiger partial charge in [-0.15, -0.1) is 0 Å². The highest BCUT2D eigenvalue weighted by atomic mass is 32.2. The van der Waals surface area contributed by atoms with Gasteiger partial charge in [0.05, 0.1) is 12.0 Å². The lowest BCUT2D eigenvalue weighted by molar-refractivity contribution is 0.396. The first-order valence-electron chi connectivity index (χ1n) is 7.37. The molecule has 1 fully saturated rings. The zero-order valence-corrected chi connectivity index (χ0v) is 13.8. The first kappa shape index (κ1) is 16.6. The van der Waals surface area contributed by atoms with Crippen molar-refractivity contribution in [3.63, 3.8) is 0 Å². The number of anilines is 1. The zero-order chi connectivity index (χ0) is 17.2. The Hall–Kier alpha value is -2.26. The monoisotopic (exact) mass is 352 g/mol. The van der Waals surface area contributed by atoms with Gasteiger partial charge in [0.1, 0.15) is 5.82 Å². The predicted octanol–water partition coefficient (Wildman–Crippen LogP) is 1.18. The van der Waals surface area contributed by atoms with E-state index < -0.39 is 15.8 Å². The van der Waals surface area contributed by atoms with Crippen molar-refractivity contribution in [1.82, 2.24) is 14.7 Å². The van der Waals surface area contributed by atoms with Gasteiger partial charge >= 0.3 is 0 Å². The predicted molar refractivity (Wildman–Crippen MR) is 85.9 cm³/mol. The fourth-order valence-corrected chi connectivity index (χ4v) is 3.89. The average molecular weight is 352 g/mol. The van der Waals surface area contributed by atoms with Crippen LogP contribution in [0.15, 0.2) is 41.6 Å². The van der Waals surface area contributed by atoms with Gasteiger partial charge in [0.15, 0.2) is 5.82 Å². The fraction of sp³-hybridized carbons (Fsp3) is 0.333. The van der Waals surface area contributed by atoms with Crippen LogP contribution < -0.4 is 14.4 Å². The molecule has 1 saturated heterocycles. The maximum atomic E-state index is 12.9. The number of ether oxygens (including phenoxy) is 1. The number of sulfonamides is 1. The van der Waals surface area contributed by atoms with Crippen LogP contribution in [-0.2, 0) is 10.0 Å². The van der Waals surface area contributed by atoms with E-state index in [4.69, 9.17) is 4.74 Å². The summed E-state index contributed by atoms with van der Waals surface area (Å²) in [6, 6.07) is 4.47. The van der Waals surface area contributed by atoms with Gasteiger partial charge in [0.2, 0.25) is 10.0 Å². The number of hydrogen-bond acceptors (Lipinski definition) is 6. The molecule has 0 saturated carbocycles. The smallest absolute Gasteiger partial charge is 0.257 e. The highest BCUT2D eigenvalue weighted by Gasteiger charge is 2.29. The Morgan fingerprint density at radius 1 is 1.25 bits per heavy atom. The molecule has 2 heterocycles. The number of hydrogen-bond donors (Lipinski definition) is 1. The maximum Gasteiger partial charge on any atom is 0.257 e. The second-order valence-corrected chi connectivity index (χ2v) is 7.11. The first-order valence-corrected chi connectivity index (χ1v) is 8.86. The number of nitrogens with zero attached hydrogens (tertiary/aromatic N) is 3. The Kier molecular flexibility index (Phi) is 4.63. The van der Waals surface area contributed by atoms with Crippen molar-refractivity contribution in [3.8, 4) is 5.88 Å². The molecule has 1 N–H and O–H groups in total. The molecule has 9 heteroatoms. The van der Waals surface area contributed by atoms with Crippen LogP contribution in [0, 0.1) is 5.82 Å². The summed E-state index contributed by atoms with van der Waals surface area (Å²) in [5.41, 5.74) is 0. The first-order chi connectivity index (χ1) is 11.5. The van der Waals surface area contributed by atoms with Crippen LogP contribution in [0.3, 0.4) is 0 Å². The van der Waals surface area contributed by atoms with E-state index in [-0.39, 0.29) is 10.9 Å². The van der Waals surface area contributed by atoms with E-state index in [1.165, 1.54) is 25.4 Å². The Labute approximate surface area is 139 Å². The van der Waals surface area contributed by atoms with Crippen LogP contribution >= 0.6 is 0 Å². The van der Waals surface area contributed by atoms with Gasteiger partial charge in [0, 0.05) is 31.5 Å². The lowest BCUT2D eigenvalue weighted by Crippen LogP contribution is -2.37. The van der Waals surface area contributed by atoms with E-state index in [0.29, 0.717) is 31.2 Å². The van der Waals surface area contributed by atoms with E-state index in [1.807, 2.05) is 4.90 Å². The molecular weight excluding hydrogens is 335 g/mol. The lowest BCUT2D eigenvalue weighted by Gasteiger charge is -2.19. The number of rotatable bonds is 5. The van der Waals surface area contributed by atoms with Gasteiger partial charge in [0.25, 0.3) is 5.88 Å². The third kappa shape index (κ3) is 3.46. The summed E-state index contributed by atoms with van der Waals surface area (Å²) >= 11 is 0. The summed E-state index contributed by atoms with van der Waals surface area (Å²) in [5.74, 6) is 0.513.